The van der Waals surface area contributed by atoms with Gasteiger partial charge in [0.25, 0.3) is 17.5 Å². The fourth-order valence-corrected chi connectivity index (χ4v) is 3.03. The van der Waals surface area contributed by atoms with Crippen molar-refractivity contribution in [3.8, 4) is 0 Å². The highest BCUT2D eigenvalue weighted by Crippen LogP contribution is 2.32. The van der Waals surface area contributed by atoms with Gasteiger partial charge in [-0.05, 0) is 18.9 Å². The van der Waals surface area contributed by atoms with Crippen LogP contribution in [0, 0.1) is 10.1 Å². The maximum atomic E-state index is 12.4. The Morgan fingerprint density at radius 2 is 1.70 bits per heavy atom. The molecule has 1 aromatic rings. The van der Waals surface area contributed by atoms with Gasteiger partial charge in [0, 0.05) is 18.2 Å². The third-order valence-electron chi connectivity index (χ3n) is 4.05. The van der Waals surface area contributed by atoms with Crippen molar-refractivity contribution in [1.29, 1.82) is 0 Å². The van der Waals surface area contributed by atoms with Crippen molar-refractivity contribution in [1.82, 2.24) is 4.90 Å². The van der Waals surface area contributed by atoms with Crippen LogP contribution in [-0.2, 0) is 0 Å². The number of hydrogen-bond acceptors (Lipinski definition) is 4. The molecule has 20 heavy (non-hydrogen) atoms. The monoisotopic (exact) mass is 274 g/mol. The van der Waals surface area contributed by atoms with Crippen LogP contribution >= 0.6 is 0 Å². The lowest BCUT2D eigenvalue weighted by Gasteiger charge is -2.29. The summed E-state index contributed by atoms with van der Waals surface area (Å²) < 4.78 is 0. The normalized spacial score (nSPS) is 19.3. The molecule has 6 nitrogen and oxygen atoms in total. The molecule has 1 fully saturated rings. The van der Waals surface area contributed by atoms with Crippen LogP contribution in [-0.4, -0.2) is 27.7 Å². The number of nitro benzene ring substituents is 1. The van der Waals surface area contributed by atoms with E-state index in [0.29, 0.717) is 0 Å². The highest BCUT2D eigenvalue weighted by Gasteiger charge is 2.40. The van der Waals surface area contributed by atoms with Crippen LogP contribution < -0.4 is 0 Å². The molecule has 0 spiro atoms. The standard InChI is InChI=1S/C14H14N2O4/c17-13-11-7-6-10(16(19)20)8-12(11)14(18)15(13)9-4-2-1-3-5-9/h6-9H,1-5H2. The van der Waals surface area contributed by atoms with Gasteiger partial charge in [0.1, 0.15) is 0 Å². The number of nitro groups is 1. The zero-order valence-electron chi connectivity index (χ0n) is 10.9. The second kappa shape index (κ2) is 4.70. The summed E-state index contributed by atoms with van der Waals surface area (Å²) in [5.41, 5.74) is 0.288. The zero-order chi connectivity index (χ0) is 14.3. The Morgan fingerprint density at radius 1 is 1.05 bits per heavy atom. The topological polar surface area (TPSA) is 80.5 Å². The first-order valence-corrected chi connectivity index (χ1v) is 6.76. The van der Waals surface area contributed by atoms with E-state index in [4.69, 9.17) is 0 Å². The molecule has 1 aliphatic heterocycles. The summed E-state index contributed by atoms with van der Waals surface area (Å²) in [5.74, 6) is -0.701. The molecule has 0 bridgehead atoms. The third-order valence-corrected chi connectivity index (χ3v) is 4.05. The zero-order valence-corrected chi connectivity index (χ0v) is 10.9. The van der Waals surface area contributed by atoms with Gasteiger partial charge < -0.3 is 0 Å². The minimum Gasteiger partial charge on any atom is -0.271 e. The Kier molecular flexibility index (Phi) is 3.00. The molecule has 0 aromatic heterocycles. The average molecular weight is 274 g/mol. The van der Waals surface area contributed by atoms with E-state index in [2.05, 4.69) is 0 Å². The van der Waals surface area contributed by atoms with Gasteiger partial charge in [-0.1, -0.05) is 19.3 Å². The summed E-state index contributed by atoms with van der Waals surface area (Å²) in [6, 6.07) is 3.80. The predicted molar refractivity (Wildman–Crippen MR) is 70.5 cm³/mol. The molecule has 0 radical (unpaired) electrons. The fraction of sp³-hybridized carbons (Fsp3) is 0.429. The van der Waals surface area contributed by atoms with Crippen molar-refractivity contribution < 1.29 is 14.5 Å². The number of amides is 2. The van der Waals surface area contributed by atoms with Crippen LogP contribution in [0.2, 0.25) is 0 Å². The van der Waals surface area contributed by atoms with Gasteiger partial charge in [0.05, 0.1) is 16.1 Å². The molecular formula is C14H14N2O4. The molecular weight excluding hydrogens is 260 g/mol. The van der Waals surface area contributed by atoms with Crippen molar-refractivity contribution in [2.45, 2.75) is 38.1 Å². The van der Waals surface area contributed by atoms with Gasteiger partial charge in [0.2, 0.25) is 0 Å². The second-order valence-electron chi connectivity index (χ2n) is 5.26. The van der Waals surface area contributed by atoms with E-state index in [1.54, 1.807) is 0 Å². The van der Waals surface area contributed by atoms with E-state index < -0.39 is 4.92 Å². The van der Waals surface area contributed by atoms with Gasteiger partial charge in [-0.3, -0.25) is 24.6 Å². The lowest BCUT2D eigenvalue weighted by atomic mass is 9.94. The molecule has 1 aromatic carbocycles. The number of carbonyl (C=O) groups is 2. The largest absolute Gasteiger partial charge is 0.271 e. The summed E-state index contributed by atoms with van der Waals surface area (Å²) in [6.07, 6.45) is 4.81. The van der Waals surface area contributed by atoms with Gasteiger partial charge in [-0.25, -0.2) is 0 Å². The van der Waals surface area contributed by atoms with Crippen LogP contribution in [0.3, 0.4) is 0 Å². The first-order valence-electron chi connectivity index (χ1n) is 6.76. The number of nitrogens with zero attached hydrogens (tertiary/aromatic N) is 2. The Labute approximate surface area is 115 Å². The van der Waals surface area contributed by atoms with Crippen LogP contribution in [0.25, 0.3) is 0 Å². The number of benzene rings is 1. The predicted octanol–water partition coefficient (Wildman–Crippen LogP) is 2.52. The Hall–Kier alpha value is -2.24. The van der Waals surface area contributed by atoms with Crippen molar-refractivity contribution >= 4 is 17.5 Å². The molecule has 1 saturated carbocycles. The number of non-ortho nitro benzene ring substituents is 1. The van der Waals surface area contributed by atoms with E-state index in [9.17, 15) is 19.7 Å². The maximum absolute atomic E-state index is 12.4. The maximum Gasteiger partial charge on any atom is 0.270 e. The van der Waals surface area contributed by atoms with Crippen molar-refractivity contribution in [3.05, 3.63) is 39.4 Å². The molecule has 0 saturated heterocycles. The molecule has 1 aliphatic carbocycles. The molecule has 1 heterocycles. The van der Waals surface area contributed by atoms with E-state index in [1.165, 1.54) is 23.1 Å². The van der Waals surface area contributed by atoms with Gasteiger partial charge >= 0.3 is 0 Å². The molecule has 2 amide bonds. The molecule has 3 rings (SSSR count). The second-order valence-corrected chi connectivity index (χ2v) is 5.26. The van der Waals surface area contributed by atoms with E-state index in [1.807, 2.05) is 0 Å². The van der Waals surface area contributed by atoms with Crippen molar-refractivity contribution in [2.75, 3.05) is 0 Å². The van der Waals surface area contributed by atoms with Crippen molar-refractivity contribution in [3.63, 3.8) is 0 Å². The quantitative estimate of drug-likeness (QED) is 0.471. The third kappa shape index (κ3) is 1.88. The lowest BCUT2D eigenvalue weighted by molar-refractivity contribution is -0.384. The summed E-state index contributed by atoms with van der Waals surface area (Å²) in [4.78, 5) is 36.2. The summed E-state index contributed by atoms with van der Waals surface area (Å²) in [7, 11) is 0. The minimum atomic E-state index is -0.554. The van der Waals surface area contributed by atoms with E-state index in [-0.39, 0.29) is 34.7 Å². The number of rotatable bonds is 2. The molecule has 2 aliphatic rings. The first kappa shape index (κ1) is 12.8. The first-order chi connectivity index (χ1) is 9.59. The van der Waals surface area contributed by atoms with Crippen molar-refractivity contribution in [2.24, 2.45) is 0 Å². The molecule has 0 atom stereocenters. The molecule has 0 N–H and O–H groups in total. The Morgan fingerprint density at radius 3 is 2.35 bits per heavy atom. The van der Waals surface area contributed by atoms with Crippen LogP contribution in [0.4, 0.5) is 5.69 Å². The van der Waals surface area contributed by atoms with E-state index >= 15 is 0 Å². The summed E-state index contributed by atoms with van der Waals surface area (Å²) in [5, 5.41) is 10.8. The number of fused-ring (bicyclic) bond motifs is 1. The number of hydrogen-bond donors (Lipinski definition) is 0. The molecule has 0 unspecified atom stereocenters. The number of carbonyl (C=O) groups excluding carboxylic acids is 2. The SMILES string of the molecule is O=C1c2ccc([N+](=O)[O-])cc2C(=O)N1C1CCCCC1. The Bertz CT molecular complexity index is 605. The van der Waals surface area contributed by atoms with Crippen LogP contribution in [0.1, 0.15) is 52.8 Å². The molecule has 104 valence electrons. The van der Waals surface area contributed by atoms with Gasteiger partial charge in [-0.2, -0.15) is 0 Å². The highest BCUT2D eigenvalue weighted by atomic mass is 16.6. The minimum absolute atomic E-state index is 0.0600. The Balaban J connectivity index is 1.96. The number of imide groups is 1. The van der Waals surface area contributed by atoms with E-state index in [0.717, 1.165) is 32.1 Å². The van der Waals surface area contributed by atoms with Crippen LogP contribution in [0.15, 0.2) is 18.2 Å². The average Bonchev–Trinajstić information content (AvgIpc) is 2.71. The summed E-state index contributed by atoms with van der Waals surface area (Å²) in [6.45, 7) is 0. The molecule has 6 heteroatoms. The van der Waals surface area contributed by atoms with Gasteiger partial charge in [0.15, 0.2) is 0 Å². The smallest absolute Gasteiger partial charge is 0.270 e. The van der Waals surface area contributed by atoms with Crippen LogP contribution in [0.5, 0.6) is 0 Å². The highest BCUT2D eigenvalue weighted by molar-refractivity contribution is 6.21. The summed E-state index contributed by atoms with van der Waals surface area (Å²) >= 11 is 0. The lowest BCUT2D eigenvalue weighted by Crippen LogP contribution is -2.40. The fourth-order valence-electron chi connectivity index (χ4n) is 3.03. The van der Waals surface area contributed by atoms with Gasteiger partial charge in [-0.15, -0.1) is 0 Å².